The number of aromatic amines is 1. The predicted molar refractivity (Wildman–Crippen MR) is 138 cm³/mol. The highest BCUT2D eigenvalue weighted by Crippen LogP contribution is 2.37. The summed E-state index contributed by atoms with van der Waals surface area (Å²) in [5.74, 6) is 0. The molecule has 2 aromatic carbocycles. The Labute approximate surface area is 202 Å². The zero-order valence-electron chi connectivity index (χ0n) is 20.7. The van der Waals surface area contributed by atoms with Crippen LogP contribution in [0.5, 0.6) is 0 Å². The number of carbonyl (C=O) groups is 1. The van der Waals surface area contributed by atoms with Crippen molar-refractivity contribution in [1.82, 2.24) is 15.2 Å². The summed E-state index contributed by atoms with van der Waals surface area (Å²) in [6, 6.07) is 17.9. The van der Waals surface area contributed by atoms with E-state index in [1.807, 2.05) is 20.8 Å². The van der Waals surface area contributed by atoms with Gasteiger partial charge in [-0.15, -0.1) is 0 Å². The van der Waals surface area contributed by atoms with Crippen LogP contribution < -0.4 is 5.32 Å². The third-order valence-corrected chi connectivity index (χ3v) is 6.90. The molecule has 5 heteroatoms. The highest BCUT2D eigenvalue weighted by Gasteiger charge is 2.28. The molecule has 0 radical (unpaired) electrons. The summed E-state index contributed by atoms with van der Waals surface area (Å²) >= 11 is 0. The second-order valence-corrected chi connectivity index (χ2v) is 10.6. The number of aromatic nitrogens is 1. The van der Waals surface area contributed by atoms with Crippen LogP contribution in [0, 0.1) is 0 Å². The molecule has 0 fully saturated rings. The molecule has 178 valence electrons. The number of hydrogen-bond donors (Lipinski definition) is 2. The van der Waals surface area contributed by atoms with Crippen molar-refractivity contribution in [2.75, 3.05) is 13.1 Å². The Bertz CT molecular complexity index is 1220. The maximum Gasteiger partial charge on any atom is 0.410 e. The summed E-state index contributed by atoms with van der Waals surface area (Å²) in [5.41, 5.74) is 7.17. The summed E-state index contributed by atoms with van der Waals surface area (Å²) in [6.07, 6.45) is 5.31. The number of amides is 1. The molecule has 2 N–H and O–H groups in total. The monoisotopic (exact) mass is 457 g/mol. The molecule has 3 aromatic rings. The van der Waals surface area contributed by atoms with Crippen molar-refractivity contribution in [2.45, 2.75) is 64.6 Å². The Morgan fingerprint density at radius 3 is 2.74 bits per heavy atom. The van der Waals surface area contributed by atoms with Gasteiger partial charge in [0.25, 0.3) is 0 Å². The molecule has 0 bridgehead atoms. The van der Waals surface area contributed by atoms with E-state index < -0.39 is 5.60 Å². The van der Waals surface area contributed by atoms with Crippen LogP contribution >= 0.6 is 0 Å². The summed E-state index contributed by atoms with van der Waals surface area (Å²) < 4.78 is 5.56. The number of hydrogen-bond acceptors (Lipinski definition) is 3. The molecular weight excluding hydrogens is 422 g/mol. The van der Waals surface area contributed by atoms with E-state index in [9.17, 15) is 4.79 Å². The maximum atomic E-state index is 12.5. The number of H-pyrrole nitrogens is 1. The van der Waals surface area contributed by atoms with Gasteiger partial charge in [-0.05, 0) is 81.4 Å². The summed E-state index contributed by atoms with van der Waals surface area (Å²) in [6.45, 7) is 9.14. The summed E-state index contributed by atoms with van der Waals surface area (Å²) in [7, 11) is 0. The Hall–Kier alpha value is -3.05. The van der Waals surface area contributed by atoms with Gasteiger partial charge in [0, 0.05) is 41.8 Å². The number of nitrogens with zero attached hydrogens (tertiary/aromatic N) is 1. The van der Waals surface area contributed by atoms with Gasteiger partial charge in [-0.1, -0.05) is 42.5 Å². The van der Waals surface area contributed by atoms with Crippen molar-refractivity contribution in [3.63, 3.8) is 0 Å². The van der Waals surface area contributed by atoms with Crippen molar-refractivity contribution < 1.29 is 9.53 Å². The molecule has 0 saturated carbocycles. The minimum atomic E-state index is -0.481. The van der Waals surface area contributed by atoms with E-state index in [1.54, 1.807) is 4.90 Å². The molecule has 0 spiro atoms. The molecule has 5 rings (SSSR count). The maximum absolute atomic E-state index is 12.5. The zero-order chi connectivity index (χ0) is 23.9. The van der Waals surface area contributed by atoms with Crippen LogP contribution in [0.4, 0.5) is 4.79 Å². The van der Waals surface area contributed by atoms with Gasteiger partial charge in [-0.3, -0.25) is 0 Å². The molecule has 1 aliphatic carbocycles. The Morgan fingerprint density at radius 2 is 1.97 bits per heavy atom. The zero-order valence-corrected chi connectivity index (χ0v) is 20.7. The minimum absolute atomic E-state index is 0.250. The average Bonchev–Trinajstić information content (AvgIpc) is 3.44. The fourth-order valence-corrected chi connectivity index (χ4v) is 5.20. The molecule has 1 amide bonds. The molecule has 2 atom stereocenters. The summed E-state index contributed by atoms with van der Waals surface area (Å²) in [5, 5.41) is 5.17. The molecule has 1 unspecified atom stereocenters. The molecule has 1 aromatic heterocycles. The number of nitrogens with one attached hydrogen (secondary N) is 2. The van der Waals surface area contributed by atoms with Crippen molar-refractivity contribution in [3.05, 3.63) is 77.0 Å². The number of aryl methyl sites for hydroxylation is 1. The highest BCUT2D eigenvalue weighted by atomic mass is 16.6. The van der Waals surface area contributed by atoms with Gasteiger partial charge >= 0.3 is 6.09 Å². The normalized spacial score (nSPS) is 19.1. The minimum Gasteiger partial charge on any atom is -0.444 e. The van der Waals surface area contributed by atoms with Gasteiger partial charge < -0.3 is 19.9 Å². The van der Waals surface area contributed by atoms with Gasteiger partial charge in [0.1, 0.15) is 5.60 Å². The second-order valence-electron chi connectivity index (χ2n) is 10.6. The van der Waals surface area contributed by atoms with Gasteiger partial charge in [0.05, 0.1) is 0 Å². The lowest BCUT2D eigenvalue weighted by Gasteiger charge is -2.27. The molecular formula is C29H35N3O2. The van der Waals surface area contributed by atoms with Gasteiger partial charge in [0.15, 0.2) is 0 Å². The largest absolute Gasteiger partial charge is 0.444 e. The fourth-order valence-electron chi connectivity index (χ4n) is 5.20. The molecule has 5 nitrogen and oxygen atoms in total. The van der Waals surface area contributed by atoms with E-state index in [4.69, 9.17) is 4.74 Å². The highest BCUT2D eigenvalue weighted by molar-refractivity contribution is 5.89. The molecule has 2 aliphatic rings. The lowest BCUT2D eigenvalue weighted by atomic mass is 9.90. The third-order valence-electron chi connectivity index (χ3n) is 6.90. The van der Waals surface area contributed by atoms with E-state index >= 15 is 0 Å². The molecule has 34 heavy (non-hydrogen) atoms. The van der Waals surface area contributed by atoms with Crippen LogP contribution in [-0.4, -0.2) is 34.7 Å². The van der Waals surface area contributed by atoms with Gasteiger partial charge in [0.2, 0.25) is 0 Å². The van der Waals surface area contributed by atoms with Crippen LogP contribution in [0.3, 0.4) is 0 Å². The van der Waals surface area contributed by atoms with Crippen molar-refractivity contribution in [3.8, 4) is 0 Å². The van der Waals surface area contributed by atoms with E-state index in [1.165, 1.54) is 45.3 Å². The first kappa shape index (κ1) is 22.7. The van der Waals surface area contributed by atoms with E-state index in [2.05, 4.69) is 71.8 Å². The predicted octanol–water partition coefficient (Wildman–Crippen LogP) is 6.53. The topological polar surface area (TPSA) is 57.4 Å². The lowest BCUT2D eigenvalue weighted by Crippen LogP contribution is -2.35. The fraction of sp³-hybridized carbons (Fsp3) is 0.414. The first-order chi connectivity index (χ1) is 16.3. The number of benzene rings is 2. The van der Waals surface area contributed by atoms with Crippen molar-refractivity contribution >= 4 is 22.6 Å². The smallest absolute Gasteiger partial charge is 0.410 e. The van der Waals surface area contributed by atoms with Crippen molar-refractivity contribution in [2.24, 2.45) is 0 Å². The SMILES string of the molecule is C[C@@H](NC1CCCc2c1[nH]c1ccc(C3=CCN(C(=O)OC(C)(C)C)C3)cc21)c1ccccc1. The number of ether oxygens (including phenoxy) is 1. The van der Waals surface area contributed by atoms with E-state index in [-0.39, 0.29) is 6.09 Å². The van der Waals surface area contributed by atoms with Crippen LogP contribution in [0.1, 0.15) is 75.0 Å². The van der Waals surface area contributed by atoms with E-state index in [0.717, 1.165) is 12.8 Å². The molecule has 0 saturated heterocycles. The lowest BCUT2D eigenvalue weighted by molar-refractivity contribution is 0.0306. The molecule has 2 heterocycles. The molecule has 1 aliphatic heterocycles. The average molecular weight is 458 g/mol. The van der Waals surface area contributed by atoms with Crippen LogP contribution in [0.25, 0.3) is 16.5 Å². The second kappa shape index (κ2) is 8.95. The standard InChI is InChI=1S/C29H35N3O2/c1-19(20-9-6-5-7-10-20)30-26-12-8-11-23-24-17-21(13-14-25(24)31-27(23)26)22-15-16-32(18-22)28(33)34-29(2,3)4/h5-7,9-10,13-15,17,19,26,30-31H,8,11-12,16,18H2,1-4H3/t19-,26?/m1/s1. The Morgan fingerprint density at radius 1 is 1.18 bits per heavy atom. The van der Waals surface area contributed by atoms with Crippen LogP contribution in [0.2, 0.25) is 0 Å². The van der Waals surface area contributed by atoms with Crippen molar-refractivity contribution in [1.29, 1.82) is 0 Å². The first-order valence-electron chi connectivity index (χ1n) is 12.4. The summed E-state index contributed by atoms with van der Waals surface area (Å²) in [4.78, 5) is 18.0. The number of fused-ring (bicyclic) bond motifs is 3. The third kappa shape index (κ3) is 4.62. The van der Waals surface area contributed by atoms with E-state index in [0.29, 0.717) is 25.2 Å². The van der Waals surface area contributed by atoms with Gasteiger partial charge in [-0.25, -0.2) is 4.79 Å². The van der Waals surface area contributed by atoms with Crippen LogP contribution in [0.15, 0.2) is 54.6 Å². The number of carbonyl (C=O) groups excluding carboxylic acids is 1. The van der Waals surface area contributed by atoms with Gasteiger partial charge in [-0.2, -0.15) is 0 Å². The Balaban J connectivity index is 1.36. The van der Waals surface area contributed by atoms with Crippen LogP contribution in [-0.2, 0) is 11.2 Å². The quantitative estimate of drug-likeness (QED) is 0.468. The number of rotatable bonds is 4. The first-order valence-corrected chi connectivity index (χ1v) is 12.4. The Kier molecular flexibility index (Phi) is 5.98.